The Morgan fingerprint density at radius 3 is 2.26 bits per heavy atom. The van der Waals surface area contributed by atoms with Crippen molar-refractivity contribution in [1.82, 2.24) is 23.9 Å². The van der Waals surface area contributed by atoms with Crippen molar-refractivity contribution in [1.29, 1.82) is 0 Å². The van der Waals surface area contributed by atoms with E-state index in [2.05, 4.69) is 22.1 Å². The fraction of sp³-hybridized carbons (Fsp3) is 0.421. The minimum absolute atomic E-state index is 0.00586. The van der Waals surface area contributed by atoms with Gasteiger partial charge in [-0.15, -0.1) is 0 Å². The Bertz CT molecular complexity index is 2130. The molecule has 0 bridgehead atoms. The monoisotopic (exact) mass is 681 g/mol. The zero-order valence-electron chi connectivity index (χ0n) is 29.4. The maximum atomic E-state index is 13.0. The number of likely N-dealkylation sites (tertiary alicyclic amines) is 1. The van der Waals surface area contributed by atoms with Crippen molar-refractivity contribution in [3.8, 4) is 34.5 Å². The molecule has 2 aromatic carbocycles. The van der Waals surface area contributed by atoms with E-state index in [-0.39, 0.29) is 42.7 Å². The molecule has 2 aliphatic heterocycles. The molecule has 6 rings (SSSR count). The average molecular weight is 682 g/mol. The van der Waals surface area contributed by atoms with Crippen LogP contribution in [0.15, 0.2) is 46.1 Å². The van der Waals surface area contributed by atoms with Crippen molar-refractivity contribution < 1.29 is 23.8 Å². The normalized spacial score (nSPS) is 17.0. The zero-order valence-corrected chi connectivity index (χ0v) is 29.4. The molecule has 2 aromatic heterocycles. The van der Waals surface area contributed by atoms with E-state index in [1.165, 1.54) is 9.13 Å². The Kier molecular flexibility index (Phi) is 10.00. The Balaban J connectivity index is 1.07. The molecule has 0 radical (unpaired) electrons. The molecule has 2 saturated heterocycles. The van der Waals surface area contributed by atoms with E-state index in [9.17, 15) is 19.2 Å². The van der Waals surface area contributed by atoms with Gasteiger partial charge in [0, 0.05) is 63.0 Å². The maximum Gasteiger partial charge on any atom is 0.329 e. The molecule has 12 heteroatoms. The lowest BCUT2D eigenvalue weighted by atomic mass is 9.97. The zero-order chi connectivity index (χ0) is 35.7. The molecule has 1 atom stereocenters. The second-order valence-corrected chi connectivity index (χ2v) is 13.0. The highest BCUT2D eigenvalue weighted by molar-refractivity contribution is 6.00. The minimum atomic E-state index is -0.725. The van der Waals surface area contributed by atoms with Gasteiger partial charge in [-0.1, -0.05) is 11.8 Å². The molecule has 12 nitrogen and oxygen atoms in total. The molecule has 0 spiro atoms. The lowest BCUT2D eigenvalue weighted by Gasteiger charge is -2.32. The van der Waals surface area contributed by atoms with E-state index in [0.717, 1.165) is 70.8 Å². The van der Waals surface area contributed by atoms with Crippen LogP contribution in [-0.4, -0.2) is 70.4 Å². The number of aromatic nitrogens is 3. The largest absolute Gasteiger partial charge is 0.496 e. The first kappa shape index (κ1) is 34.7. The van der Waals surface area contributed by atoms with E-state index >= 15 is 0 Å². The van der Waals surface area contributed by atoms with E-state index in [1.54, 1.807) is 38.9 Å². The summed E-state index contributed by atoms with van der Waals surface area (Å²) in [5.74, 6) is 6.96. The predicted molar refractivity (Wildman–Crippen MR) is 189 cm³/mol. The SMILES string of the molecule is COc1cc(-c2cn(C)c(=O)c(C)c2C)cc(OC)c1CN1CCC(OCC#Cc2ccc3c(c2)n(C)c(=O)n3C2CCC(=O)NC2=O)CC1. The summed E-state index contributed by atoms with van der Waals surface area (Å²) in [6.45, 7) is 6.46. The van der Waals surface area contributed by atoms with Gasteiger partial charge < -0.3 is 18.8 Å². The molecule has 50 heavy (non-hydrogen) atoms. The topological polar surface area (TPSA) is 126 Å². The molecular weight excluding hydrogens is 638 g/mol. The summed E-state index contributed by atoms with van der Waals surface area (Å²) < 4.78 is 22.4. The predicted octanol–water partition coefficient (Wildman–Crippen LogP) is 3.35. The molecule has 4 aromatic rings. The number of aryl methyl sites for hydroxylation is 2. The molecular formula is C38H43N5O7. The third kappa shape index (κ3) is 6.71. The van der Waals surface area contributed by atoms with Gasteiger partial charge in [0.25, 0.3) is 5.56 Å². The molecule has 2 amide bonds. The highest BCUT2D eigenvalue weighted by Gasteiger charge is 2.31. The number of imidazole rings is 1. The molecule has 2 aliphatic rings. The number of carbonyl (C=O) groups excluding carboxylic acids is 2. The smallest absolute Gasteiger partial charge is 0.329 e. The molecule has 0 saturated carbocycles. The number of benzene rings is 2. The first-order chi connectivity index (χ1) is 24.0. The van der Waals surface area contributed by atoms with Crippen LogP contribution in [0.4, 0.5) is 0 Å². The standard InChI is InChI=1S/C38H43N5O7/c1-23-24(2)37(46)40(3)21-28(23)26-19-33(48-5)29(34(20-26)49-6)22-42-15-13-27(14-16-42)50-17-7-8-25-9-10-30-32(18-25)41(4)38(47)43(30)31-11-12-35(44)39-36(31)45/h9-10,18-21,27,31H,11-17,22H2,1-6H3,(H,39,44,45). The lowest BCUT2D eigenvalue weighted by Crippen LogP contribution is -2.44. The first-order valence-electron chi connectivity index (χ1n) is 16.8. The third-order valence-corrected chi connectivity index (χ3v) is 10.0. The Morgan fingerprint density at radius 1 is 0.900 bits per heavy atom. The fourth-order valence-electron chi connectivity index (χ4n) is 6.99. The summed E-state index contributed by atoms with van der Waals surface area (Å²) in [6.07, 6.45) is 4.16. The van der Waals surface area contributed by atoms with Crippen molar-refractivity contribution in [2.45, 2.75) is 58.2 Å². The number of rotatable bonds is 8. The van der Waals surface area contributed by atoms with Crippen molar-refractivity contribution in [3.63, 3.8) is 0 Å². The number of nitrogens with one attached hydrogen (secondary N) is 1. The van der Waals surface area contributed by atoms with Crippen LogP contribution >= 0.6 is 0 Å². The first-order valence-corrected chi connectivity index (χ1v) is 16.8. The van der Waals surface area contributed by atoms with Crippen LogP contribution in [0.2, 0.25) is 0 Å². The van der Waals surface area contributed by atoms with Crippen molar-refractivity contribution in [3.05, 3.63) is 79.6 Å². The van der Waals surface area contributed by atoms with Crippen LogP contribution in [0.5, 0.6) is 11.5 Å². The van der Waals surface area contributed by atoms with E-state index in [1.807, 2.05) is 44.3 Å². The summed E-state index contributed by atoms with van der Waals surface area (Å²) in [5.41, 5.74) is 6.24. The summed E-state index contributed by atoms with van der Waals surface area (Å²) >= 11 is 0. The van der Waals surface area contributed by atoms with Gasteiger partial charge in [-0.2, -0.15) is 0 Å². The quantitative estimate of drug-likeness (QED) is 0.222. The Labute approximate surface area is 290 Å². The summed E-state index contributed by atoms with van der Waals surface area (Å²) in [5, 5.41) is 2.33. The molecule has 2 fully saturated rings. The maximum absolute atomic E-state index is 13.0. The number of ether oxygens (including phenoxy) is 3. The van der Waals surface area contributed by atoms with Crippen molar-refractivity contribution in [2.24, 2.45) is 14.1 Å². The fourth-order valence-corrected chi connectivity index (χ4v) is 6.99. The van der Waals surface area contributed by atoms with Gasteiger partial charge >= 0.3 is 5.69 Å². The van der Waals surface area contributed by atoms with E-state index < -0.39 is 11.9 Å². The number of hydrogen-bond donors (Lipinski definition) is 1. The number of amides is 2. The summed E-state index contributed by atoms with van der Waals surface area (Å²) in [6, 6.07) is 8.77. The van der Waals surface area contributed by atoms with Crippen LogP contribution in [-0.2, 0) is 35.0 Å². The second kappa shape index (κ2) is 14.4. The Hall–Kier alpha value is -5.12. The highest BCUT2D eigenvalue weighted by atomic mass is 16.5. The number of pyridine rings is 1. The molecule has 4 heterocycles. The van der Waals surface area contributed by atoms with Gasteiger partial charge in [-0.05, 0) is 74.6 Å². The van der Waals surface area contributed by atoms with Gasteiger partial charge in [0.2, 0.25) is 11.8 Å². The number of piperidine rings is 2. The van der Waals surface area contributed by atoms with Gasteiger partial charge in [-0.3, -0.25) is 33.7 Å². The van der Waals surface area contributed by atoms with Crippen LogP contribution in [0, 0.1) is 25.7 Å². The number of methoxy groups -OCH3 is 2. The van der Waals surface area contributed by atoms with Gasteiger partial charge in [-0.25, -0.2) is 4.79 Å². The van der Waals surface area contributed by atoms with Crippen LogP contribution in [0.25, 0.3) is 22.2 Å². The van der Waals surface area contributed by atoms with Crippen LogP contribution in [0.1, 0.15) is 54.0 Å². The van der Waals surface area contributed by atoms with Crippen LogP contribution in [0.3, 0.4) is 0 Å². The van der Waals surface area contributed by atoms with E-state index in [4.69, 9.17) is 14.2 Å². The van der Waals surface area contributed by atoms with Crippen molar-refractivity contribution in [2.75, 3.05) is 33.9 Å². The number of hydrogen-bond acceptors (Lipinski definition) is 8. The van der Waals surface area contributed by atoms with E-state index in [0.29, 0.717) is 17.6 Å². The lowest BCUT2D eigenvalue weighted by molar-refractivity contribution is -0.135. The molecule has 0 aliphatic carbocycles. The third-order valence-electron chi connectivity index (χ3n) is 10.0. The summed E-state index contributed by atoms with van der Waals surface area (Å²) in [4.78, 5) is 51.9. The summed E-state index contributed by atoms with van der Waals surface area (Å²) in [7, 11) is 6.76. The Morgan fingerprint density at radius 2 is 1.60 bits per heavy atom. The van der Waals surface area contributed by atoms with Crippen LogP contribution < -0.4 is 26.0 Å². The number of fused-ring (bicyclic) bond motifs is 1. The molecule has 262 valence electrons. The number of nitrogens with zero attached hydrogens (tertiary/aromatic N) is 4. The van der Waals surface area contributed by atoms with Gasteiger partial charge in [0.1, 0.15) is 24.1 Å². The van der Waals surface area contributed by atoms with Crippen molar-refractivity contribution >= 4 is 22.8 Å². The highest BCUT2D eigenvalue weighted by Crippen LogP contribution is 2.37. The van der Waals surface area contributed by atoms with Gasteiger partial charge in [0.15, 0.2) is 0 Å². The minimum Gasteiger partial charge on any atom is -0.496 e. The molecule has 1 N–H and O–H groups in total. The average Bonchev–Trinajstić information content (AvgIpc) is 3.36. The number of carbonyl (C=O) groups is 2. The number of imide groups is 1. The van der Waals surface area contributed by atoms with Gasteiger partial charge in [0.05, 0.1) is 36.9 Å². The molecule has 1 unspecified atom stereocenters. The second-order valence-electron chi connectivity index (χ2n) is 13.0.